The fourth-order valence-corrected chi connectivity index (χ4v) is 0. The molecule has 0 fully saturated rings. The van der Waals surface area contributed by atoms with Crippen LogP contribution >= 0.6 is 0 Å². The van der Waals surface area contributed by atoms with Crippen molar-refractivity contribution in [3.63, 3.8) is 0 Å². The van der Waals surface area contributed by atoms with Crippen LogP contribution in [0.25, 0.3) is 0 Å². The summed E-state index contributed by atoms with van der Waals surface area (Å²) in [6.07, 6.45) is -4.86. The Kier molecular flexibility index (Phi) is 5.99. The van der Waals surface area contributed by atoms with E-state index in [1.807, 2.05) is 0 Å². The number of hydrogen-bond acceptors (Lipinski definition) is 2. The monoisotopic (exact) mass is 188 g/mol. The normalized spacial score (nSPS) is 9.67. The molecule has 4 nitrogen and oxygen atoms in total. The van der Waals surface area contributed by atoms with Crippen LogP contribution in [-0.4, -0.2) is 28.3 Å². The number of rotatable bonds is 1. The van der Waals surface area contributed by atoms with E-state index in [1.54, 1.807) is 6.92 Å². The third-order valence-electron chi connectivity index (χ3n) is 0.545. The maximum atomic E-state index is 10.6. The molecule has 0 aliphatic carbocycles. The van der Waals surface area contributed by atoms with E-state index >= 15 is 0 Å². The van der Waals surface area contributed by atoms with E-state index < -0.39 is 18.1 Å². The van der Waals surface area contributed by atoms with Gasteiger partial charge in [-0.25, -0.2) is 4.79 Å². The van der Waals surface area contributed by atoms with Gasteiger partial charge in [-0.2, -0.15) is 13.2 Å². The summed E-state index contributed by atoms with van der Waals surface area (Å²) >= 11 is 0. The van der Waals surface area contributed by atoms with Crippen molar-refractivity contribution in [1.82, 2.24) is 0 Å². The number of carboxylic acid groups (broad SMARTS) is 2. The average Bonchev–Trinajstić information content (AvgIpc) is 1.87. The van der Waals surface area contributed by atoms with Gasteiger partial charge in [-0.05, 0) is 0 Å². The number of halogens is 3. The first-order valence-corrected chi connectivity index (χ1v) is 2.73. The SMILES string of the molecule is CCC(=O)O.O=C(O)C(F)(F)F. The standard InChI is InChI=1S/C3H6O2.C2HF3O2/c1-2-3(4)5;3-2(4,5)1(6)7/h2H2,1H3,(H,4,5);(H,6,7). The Morgan fingerprint density at radius 2 is 1.42 bits per heavy atom. The number of carbonyl (C=O) groups is 2. The quantitative estimate of drug-likeness (QED) is 0.646. The molecule has 0 saturated carbocycles. The fourth-order valence-electron chi connectivity index (χ4n) is 0. The lowest BCUT2D eigenvalue weighted by atomic mass is 10.5. The molecule has 0 aliphatic rings. The number of aliphatic carboxylic acids is 2. The Bertz CT molecular complexity index is 163. The van der Waals surface area contributed by atoms with Gasteiger partial charge in [-0.15, -0.1) is 0 Å². The van der Waals surface area contributed by atoms with Gasteiger partial charge in [-0.3, -0.25) is 4.79 Å². The van der Waals surface area contributed by atoms with E-state index in [2.05, 4.69) is 0 Å². The van der Waals surface area contributed by atoms with Gasteiger partial charge in [0, 0.05) is 6.42 Å². The highest BCUT2D eigenvalue weighted by atomic mass is 19.4. The van der Waals surface area contributed by atoms with Crippen molar-refractivity contribution >= 4 is 11.9 Å². The van der Waals surface area contributed by atoms with Crippen molar-refractivity contribution in [3.05, 3.63) is 0 Å². The molecule has 0 unspecified atom stereocenters. The van der Waals surface area contributed by atoms with Gasteiger partial charge in [0.25, 0.3) is 0 Å². The summed E-state index contributed by atoms with van der Waals surface area (Å²) < 4.78 is 31.7. The third kappa shape index (κ3) is 11.5. The topological polar surface area (TPSA) is 74.6 Å². The van der Waals surface area contributed by atoms with E-state index in [-0.39, 0.29) is 6.42 Å². The highest BCUT2D eigenvalue weighted by Crippen LogP contribution is 2.13. The maximum absolute atomic E-state index is 10.6. The summed E-state index contributed by atoms with van der Waals surface area (Å²) in [5.74, 6) is -3.50. The molecule has 0 radical (unpaired) electrons. The molecule has 7 heteroatoms. The Labute approximate surface area is 65.6 Å². The van der Waals surface area contributed by atoms with Crippen LogP contribution in [0.5, 0.6) is 0 Å². The number of carboxylic acids is 2. The largest absolute Gasteiger partial charge is 0.490 e. The van der Waals surface area contributed by atoms with Gasteiger partial charge < -0.3 is 10.2 Å². The third-order valence-corrected chi connectivity index (χ3v) is 0.545. The minimum absolute atomic E-state index is 0.222. The second kappa shape index (κ2) is 5.39. The van der Waals surface area contributed by atoms with E-state index in [9.17, 15) is 18.0 Å². The molecule has 0 spiro atoms. The molecule has 0 rings (SSSR count). The van der Waals surface area contributed by atoms with Gasteiger partial charge in [0.2, 0.25) is 0 Å². The fraction of sp³-hybridized carbons (Fsp3) is 0.600. The van der Waals surface area contributed by atoms with Crippen LogP contribution in [-0.2, 0) is 9.59 Å². The summed E-state index contributed by atoms with van der Waals surface area (Å²) in [6, 6.07) is 0. The van der Waals surface area contributed by atoms with Crippen molar-refractivity contribution < 1.29 is 33.0 Å². The molecule has 72 valence electrons. The molecule has 0 aromatic carbocycles. The van der Waals surface area contributed by atoms with Gasteiger partial charge in [0.15, 0.2) is 0 Å². The molecule has 0 heterocycles. The first-order valence-electron chi connectivity index (χ1n) is 2.73. The van der Waals surface area contributed by atoms with Crippen LogP contribution in [0.15, 0.2) is 0 Å². The minimum Gasteiger partial charge on any atom is -0.481 e. The first-order chi connectivity index (χ1) is 5.21. The minimum atomic E-state index is -5.08. The molecule has 0 amide bonds. The van der Waals surface area contributed by atoms with Crippen LogP contribution in [0.3, 0.4) is 0 Å². The molecule has 0 bridgehead atoms. The van der Waals surface area contributed by atoms with Crippen LogP contribution in [0, 0.1) is 0 Å². The van der Waals surface area contributed by atoms with Gasteiger partial charge >= 0.3 is 18.1 Å². The molecule has 0 aliphatic heterocycles. The van der Waals surface area contributed by atoms with Crippen molar-refractivity contribution in [2.45, 2.75) is 19.5 Å². The molecule has 0 atom stereocenters. The zero-order chi connectivity index (χ0) is 10.4. The number of hydrogen-bond donors (Lipinski definition) is 2. The summed E-state index contributed by atoms with van der Waals surface area (Å²) in [5.41, 5.74) is 0. The summed E-state index contributed by atoms with van der Waals surface area (Å²) in [7, 11) is 0. The Morgan fingerprint density at radius 1 is 1.25 bits per heavy atom. The predicted molar refractivity (Wildman–Crippen MR) is 31.6 cm³/mol. The van der Waals surface area contributed by atoms with Crippen molar-refractivity contribution in [2.24, 2.45) is 0 Å². The second-order valence-corrected chi connectivity index (χ2v) is 1.55. The van der Waals surface area contributed by atoms with Crippen LogP contribution in [0.4, 0.5) is 13.2 Å². The van der Waals surface area contributed by atoms with E-state index in [0.717, 1.165) is 0 Å². The second-order valence-electron chi connectivity index (χ2n) is 1.55. The molecule has 0 aromatic heterocycles. The van der Waals surface area contributed by atoms with Gasteiger partial charge in [0.1, 0.15) is 0 Å². The van der Waals surface area contributed by atoms with Crippen LogP contribution in [0.1, 0.15) is 13.3 Å². The average molecular weight is 188 g/mol. The molecular weight excluding hydrogens is 181 g/mol. The highest BCUT2D eigenvalue weighted by molar-refractivity contribution is 5.73. The smallest absolute Gasteiger partial charge is 0.481 e. The first kappa shape index (κ1) is 13.3. The lowest BCUT2D eigenvalue weighted by Crippen LogP contribution is -2.21. The lowest BCUT2D eigenvalue weighted by molar-refractivity contribution is -0.192. The van der Waals surface area contributed by atoms with Crippen LogP contribution in [0.2, 0.25) is 0 Å². The predicted octanol–water partition coefficient (Wildman–Crippen LogP) is 1.11. The van der Waals surface area contributed by atoms with Crippen LogP contribution < -0.4 is 0 Å². The Morgan fingerprint density at radius 3 is 1.42 bits per heavy atom. The summed E-state index contributed by atoms with van der Waals surface area (Å²) in [5, 5.41) is 14.8. The van der Waals surface area contributed by atoms with Crippen molar-refractivity contribution in [2.75, 3.05) is 0 Å². The summed E-state index contributed by atoms with van der Waals surface area (Å²) in [6.45, 7) is 1.60. The van der Waals surface area contributed by atoms with E-state index in [0.29, 0.717) is 0 Å². The Balaban J connectivity index is 0. The molecular formula is C5H7F3O4. The number of alkyl halides is 3. The Hall–Kier alpha value is -1.27. The van der Waals surface area contributed by atoms with E-state index in [1.165, 1.54) is 0 Å². The zero-order valence-corrected chi connectivity index (χ0v) is 6.05. The molecule has 0 saturated heterocycles. The zero-order valence-electron chi connectivity index (χ0n) is 6.05. The van der Waals surface area contributed by atoms with Crippen molar-refractivity contribution in [1.29, 1.82) is 0 Å². The highest BCUT2D eigenvalue weighted by Gasteiger charge is 2.38. The van der Waals surface area contributed by atoms with Crippen molar-refractivity contribution in [3.8, 4) is 0 Å². The summed E-state index contributed by atoms with van der Waals surface area (Å²) in [4.78, 5) is 18.3. The van der Waals surface area contributed by atoms with Gasteiger partial charge in [0.05, 0.1) is 0 Å². The van der Waals surface area contributed by atoms with E-state index in [4.69, 9.17) is 15.0 Å². The molecule has 2 N–H and O–H groups in total. The molecule has 12 heavy (non-hydrogen) atoms. The maximum Gasteiger partial charge on any atom is 0.490 e. The molecule has 0 aromatic rings. The lowest BCUT2D eigenvalue weighted by Gasteiger charge is -1.93. The van der Waals surface area contributed by atoms with Gasteiger partial charge in [-0.1, -0.05) is 6.92 Å².